The predicted octanol–water partition coefficient (Wildman–Crippen LogP) is 4.75. The number of nitrogens with zero attached hydrogens (tertiary/aromatic N) is 2. The van der Waals surface area contributed by atoms with E-state index in [4.69, 9.17) is 16.3 Å². The zero-order valence-electron chi connectivity index (χ0n) is 15.5. The zero-order valence-corrected chi connectivity index (χ0v) is 16.3. The number of aliphatic hydroxyl groups is 1. The summed E-state index contributed by atoms with van der Waals surface area (Å²) in [4.78, 5) is 4.59. The zero-order chi connectivity index (χ0) is 19.7. The summed E-state index contributed by atoms with van der Waals surface area (Å²) in [5.41, 5.74) is 5.12. The molecule has 1 aliphatic rings. The molecule has 0 bridgehead atoms. The van der Waals surface area contributed by atoms with Crippen LogP contribution in [0.4, 0.5) is 5.69 Å². The second-order valence-electron chi connectivity index (χ2n) is 6.99. The molecule has 2 aromatic carbocycles. The highest BCUT2D eigenvalue weighted by Gasteiger charge is 2.27. The van der Waals surface area contributed by atoms with Gasteiger partial charge in [-0.25, -0.2) is 0 Å². The molecule has 5 nitrogen and oxygen atoms in total. The standard InChI is InChI=1S/C22H20ClN3O2/c1-28-20-5-2-13(8-19(20)23)10-25-21-16(12-27)11-26-22-17(15-3-4-15)6-14(9-24)7-18(21)22/h2,5-8,11,15,27H,3-4,10,12H2,1H3,(H,25,26). The van der Waals surface area contributed by atoms with Gasteiger partial charge in [0.15, 0.2) is 0 Å². The van der Waals surface area contributed by atoms with E-state index in [1.54, 1.807) is 13.3 Å². The highest BCUT2D eigenvalue weighted by molar-refractivity contribution is 6.32. The molecule has 3 aromatic rings. The highest BCUT2D eigenvalue weighted by atomic mass is 35.5. The van der Waals surface area contributed by atoms with Gasteiger partial charge in [0.05, 0.1) is 41.6 Å². The normalized spacial score (nSPS) is 13.4. The van der Waals surface area contributed by atoms with E-state index in [1.165, 1.54) is 0 Å². The first kappa shape index (κ1) is 18.5. The Morgan fingerprint density at radius 3 is 2.79 bits per heavy atom. The van der Waals surface area contributed by atoms with Crippen LogP contribution in [0.25, 0.3) is 10.9 Å². The lowest BCUT2D eigenvalue weighted by atomic mass is 9.99. The molecular weight excluding hydrogens is 374 g/mol. The van der Waals surface area contributed by atoms with Gasteiger partial charge >= 0.3 is 0 Å². The summed E-state index contributed by atoms with van der Waals surface area (Å²) >= 11 is 6.23. The smallest absolute Gasteiger partial charge is 0.137 e. The van der Waals surface area contributed by atoms with Crippen molar-refractivity contribution in [3.63, 3.8) is 0 Å². The van der Waals surface area contributed by atoms with Gasteiger partial charge < -0.3 is 15.2 Å². The minimum absolute atomic E-state index is 0.135. The molecule has 1 saturated carbocycles. The summed E-state index contributed by atoms with van der Waals surface area (Å²) in [5, 5.41) is 24.1. The molecule has 1 aromatic heterocycles. The van der Waals surface area contributed by atoms with Gasteiger partial charge in [0.1, 0.15) is 5.75 Å². The van der Waals surface area contributed by atoms with E-state index in [2.05, 4.69) is 16.4 Å². The Balaban J connectivity index is 1.75. The molecule has 142 valence electrons. The molecule has 0 amide bonds. The van der Waals surface area contributed by atoms with Gasteiger partial charge in [-0.2, -0.15) is 5.26 Å². The average molecular weight is 394 g/mol. The number of hydrogen-bond acceptors (Lipinski definition) is 5. The van der Waals surface area contributed by atoms with Crippen LogP contribution in [-0.4, -0.2) is 17.2 Å². The summed E-state index contributed by atoms with van der Waals surface area (Å²) in [7, 11) is 1.58. The van der Waals surface area contributed by atoms with Crippen LogP contribution >= 0.6 is 11.6 Å². The van der Waals surface area contributed by atoms with Crippen molar-refractivity contribution in [2.24, 2.45) is 0 Å². The first-order valence-corrected chi connectivity index (χ1v) is 9.55. The van der Waals surface area contributed by atoms with Gasteiger partial charge in [-0.3, -0.25) is 4.98 Å². The van der Waals surface area contributed by atoms with E-state index in [-0.39, 0.29) is 6.61 Å². The van der Waals surface area contributed by atoms with E-state index in [1.807, 2.05) is 30.3 Å². The molecule has 1 aliphatic carbocycles. The number of rotatable bonds is 6. The number of anilines is 1. The van der Waals surface area contributed by atoms with Crippen LogP contribution in [0.15, 0.2) is 36.5 Å². The number of fused-ring (bicyclic) bond motifs is 1. The quantitative estimate of drug-likeness (QED) is 0.631. The molecule has 0 spiro atoms. The Kier molecular flexibility index (Phi) is 5.08. The van der Waals surface area contributed by atoms with Crippen LogP contribution in [0.5, 0.6) is 5.75 Å². The molecule has 4 rings (SSSR count). The van der Waals surface area contributed by atoms with E-state index in [0.29, 0.717) is 34.4 Å². The fraction of sp³-hybridized carbons (Fsp3) is 0.273. The molecule has 1 fully saturated rings. The third-order valence-corrected chi connectivity index (χ3v) is 5.38. The third-order valence-electron chi connectivity index (χ3n) is 5.08. The van der Waals surface area contributed by atoms with Crippen molar-refractivity contribution in [2.45, 2.75) is 31.9 Å². The molecular formula is C22H20ClN3O2. The molecule has 2 N–H and O–H groups in total. The third kappa shape index (κ3) is 3.49. The molecule has 1 heterocycles. The maximum absolute atomic E-state index is 9.82. The number of halogens is 1. The summed E-state index contributed by atoms with van der Waals surface area (Å²) in [6, 6.07) is 11.7. The number of aromatic nitrogens is 1. The molecule has 28 heavy (non-hydrogen) atoms. The van der Waals surface area contributed by atoms with E-state index in [0.717, 1.165) is 40.6 Å². The van der Waals surface area contributed by atoms with E-state index >= 15 is 0 Å². The molecule has 0 atom stereocenters. The number of hydrogen-bond donors (Lipinski definition) is 2. The number of pyridine rings is 1. The van der Waals surface area contributed by atoms with Crippen molar-refractivity contribution >= 4 is 28.2 Å². The SMILES string of the molecule is COc1ccc(CNc2c(CO)cnc3c(C4CC4)cc(C#N)cc23)cc1Cl. The molecule has 6 heteroatoms. The Morgan fingerprint density at radius 2 is 2.14 bits per heavy atom. The fourth-order valence-electron chi connectivity index (χ4n) is 3.48. The van der Waals surface area contributed by atoms with Gasteiger partial charge in [-0.1, -0.05) is 17.7 Å². The average Bonchev–Trinajstić information content (AvgIpc) is 3.56. The largest absolute Gasteiger partial charge is 0.495 e. The first-order chi connectivity index (χ1) is 13.6. The maximum atomic E-state index is 9.82. The maximum Gasteiger partial charge on any atom is 0.137 e. The fourth-order valence-corrected chi connectivity index (χ4v) is 3.76. The lowest BCUT2D eigenvalue weighted by Crippen LogP contribution is -2.05. The number of benzene rings is 2. The number of aliphatic hydroxyl groups excluding tert-OH is 1. The minimum Gasteiger partial charge on any atom is -0.495 e. The van der Waals surface area contributed by atoms with E-state index in [9.17, 15) is 10.4 Å². The van der Waals surface area contributed by atoms with Crippen LogP contribution in [-0.2, 0) is 13.2 Å². The summed E-state index contributed by atoms with van der Waals surface area (Å²) in [5.74, 6) is 1.10. The van der Waals surface area contributed by atoms with Crippen LogP contribution in [0, 0.1) is 11.3 Å². The number of ether oxygens (including phenoxy) is 1. The Morgan fingerprint density at radius 1 is 1.32 bits per heavy atom. The predicted molar refractivity (Wildman–Crippen MR) is 110 cm³/mol. The van der Waals surface area contributed by atoms with Crippen molar-refractivity contribution in [1.29, 1.82) is 5.26 Å². The first-order valence-electron chi connectivity index (χ1n) is 9.17. The highest BCUT2D eigenvalue weighted by Crippen LogP contribution is 2.44. The summed E-state index contributed by atoms with van der Waals surface area (Å²) in [6.07, 6.45) is 3.96. The van der Waals surface area contributed by atoms with Crippen molar-refractivity contribution < 1.29 is 9.84 Å². The number of nitrogens with one attached hydrogen (secondary N) is 1. The Labute approximate surface area is 168 Å². The minimum atomic E-state index is -0.135. The van der Waals surface area contributed by atoms with Crippen LogP contribution in [0.2, 0.25) is 5.02 Å². The van der Waals surface area contributed by atoms with Gasteiger partial charge in [0.25, 0.3) is 0 Å². The van der Waals surface area contributed by atoms with Crippen molar-refractivity contribution in [1.82, 2.24) is 4.98 Å². The van der Waals surface area contributed by atoms with Crippen molar-refractivity contribution in [3.8, 4) is 11.8 Å². The second kappa shape index (κ2) is 7.67. The Bertz CT molecular complexity index is 1090. The number of nitriles is 1. The monoisotopic (exact) mass is 393 g/mol. The molecule has 0 unspecified atom stereocenters. The Hall–Kier alpha value is -2.81. The van der Waals surface area contributed by atoms with Gasteiger partial charge in [0, 0.05) is 23.7 Å². The van der Waals surface area contributed by atoms with Gasteiger partial charge in [0.2, 0.25) is 0 Å². The summed E-state index contributed by atoms with van der Waals surface area (Å²) < 4.78 is 5.20. The van der Waals surface area contributed by atoms with Gasteiger partial charge in [-0.15, -0.1) is 0 Å². The van der Waals surface area contributed by atoms with Crippen LogP contribution < -0.4 is 10.1 Å². The topological polar surface area (TPSA) is 78.2 Å². The number of methoxy groups -OCH3 is 1. The lowest BCUT2D eigenvalue weighted by molar-refractivity contribution is 0.282. The van der Waals surface area contributed by atoms with Crippen LogP contribution in [0.3, 0.4) is 0 Å². The van der Waals surface area contributed by atoms with Crippen molar-refractivity contribution in [3.05, 3.63) is 63.8 Å². The second-order valence-corrected chi connectivity index (χ2v) is 7.39. The molecule has 0 radical (unpaired) electrons. The van der Waals surface area contributed by atoms with Crippen molar-refractivity contribution in [2.75, 3.05) is 12.4 Å². The lowest BCUT2D eigenvalue weighted by Gasteiger charge is -2.16. The van der Waals surface area contributed by atoms with Crippen LogP contribution in [0.1, 0.15) is 41.0 Å². The molecule has 0 aliphatic heterocycles. The van der Waals surface area contributed by atoms with Gasteiger partial charge in [-0.05, 0) is 54.2 Å². The summed E-state index contributed by atoms with van der Waals surface area (Å²) in [6.45, 7) is 0.384. The molecule has 0 saturated heterocycles. The van der Waals surface area contributed by atoms with E-state index < -0.39 is 0 Å².